The maximum Gasteiger partial charge on any atom is 0.0889 e. The molecular formula is C13H27NOS. The molecule has 0 bridgehead atoms. The number of aliphatic hydroxyl groups is 1. The van der Waals surface area contributed by atoms with E-state index in [-0.39, 0.29) is 0 Å². The third kappa shape index (κ3) is 3.38. The second-order valence-corrected chi connectivity index (χ2v) is 6.62. The normalized spacial score (nSPS) is 33.2. The highest BCUT2D eigenvalue weighted by Crippen LogP contribution is 2.40. The second-order valence-electron chi connectivity index (χ2n) is 5.14. The van der Waals surface area contributed by atoms with Gasteiger partial charge in [0.15, 0.2) is 0 Å². The lowest BCUT2D eigenvalue weighted by Gasteiger charge is -2.46. The van der Waals surface area contributed by atoms with Gasteiger partial charge in [0.2, 0.25) is 0 Å². The predicted octanol–water partition coefficient (Wildman–Crippen LogP) is 2.66. The Hall–Kier alpha value is 0.270. The van der Waals surface area contributed by atoms with E-state index in [4.69, 9.17) is 0 Å². The van der Waals surface area contributed by atoms with Crippen molar-refractivity contribution in [3.63, 3.8) is 0 Å². The molecule has 96 valence electrons. The molecule has 0 spiro atoms. The van der Waals surface area contributed by atoms with Gasteiger partial charge in [-0.25, -0.2) is 0 Å². The van der Waals surface area contributed by atoms with Crippen LogP contribution in [-0.4, -0.2) is 34.3 Å². The molecular weight excluding hydrogens is 218 g/mol. The van der Waals surface area contributed by atoms with Crippen molar-refractivity contribution in [2.45, 2.75) is 63.9 Å². The fraction of sp³-hybridized carbons (Fsp3) is 1.00. The van der Waals surface area contributed by atoms with E-state index in [1.54, 1.807) is 0 Å². The van der Waals surface area contributed by atoms with Crippen molar-refractivity contribution in [3.05, 3.63) is 0 Å². The van der Waals surface area contributed by atoms with Crippen LogP contribution in [0.5, 0.6) is 0 Å². The Morgan fingerprint density at radius 3 is 2.56 bits per heavy atom. The predicted molar refractivity (Wildman–Crippen MR) is 73.0 cm³/mol. The van der Waals surface area contributed by atoms with Crippen LogP contribution in [0.1, 0.15) is 47.0 Å². The maximum atomic E-state index is 10.4. The van der Waals surface area contributed by atoms with Crippen LogP contribution < -0.4 is 5.32 Å². The van der Waals surface area contributed by atoms with Crippen molar-refractivity contribution in [2.24, 2.45) is 5.92 Å². The van der Waals surface area contributed by atoms with Gasteiger partial charge in [-0.05, 0) is 31.4 Å². The molecule has 0 heterocycles. The summed E-state index contributed by atoms with van der Waals surface area (Å²) in [6.07, 6.45) is 3.33. The molecule has 1 fully saturated rings. The lowest BCUT2D eigenvalue weighted by molar-refractivity contribution is -0.0260. The third-order valence-electron chi connectivity index (χ3n) is 4.03. The molecule has 1 aliphatic rings. The number of nitrogens with one attached hydrogen (secondary N) is 1. The van der Waals surface area contributed by atoms with Crippen molar-refractivity contribution >= 4 is 11.8 Å². The third-order valence-corrected chi connectivity index (χ3v) is 5.44. The van der Waals surface area contributed by atoms with Gasteiger partial charge in [0.25, 0.3) is 0 Å². The van der Waals surface area contributed by atoms with Crippen LogP contribution in [0.3, 0.4) is 0 Å². The molecule has 1 rings (SSSR count). The van der Waals surface area contributed by atoms with Crippen LogP contribution in [0.4, 0.5) is 0 Å². The minimum absolute atomic E-state index is 0.442. The molecule has 3 heteroatoms. The number of hydrogen-bond acceptors (Lipinski definition) is 3. The molecule has 2 N–H and O–H groups in total. The molecule has 2 nitrogen and oxygen atoms in total. The molecule has 4 unspecified atom stereocenters. The lowest BCUT2D eigenvalue weighted by atomic mass is 9.79. The summed E-state index contributed by atoms with van der Waals surface area (Å²) in [6, 6.07) is 0.502. The molecule has 0 amide bonds. The van der Waals surface area contributed by atoms with Gasteiger partial charge < -0.3 is 10.4 Å². The van der Waals surface area contributed by atoms with E-state index in [1.165, 1.54) is 12.8 Å². The molecule has 1 aliphatic carbocycles. The van der Waals surface area contributed by atoms with Gasteiger partial charge in [0.1, 0.15) is 0 Å². The van der Waals surface area contributed by atoms with Crippen LogP contribution in [0.15, 0.2) is 0 Å². The highest BCUT2D eigenvalue weighted by Gasteiger charge is 2.44. The molecule has 1 saturated carbocycles. The van der Waals surface area contributed by atoms with E-state index in [0.717, 1.165) is 18.7 Å². The Balaban J connectivity index is 2.31. The molecule has 0 aromatic carbocycles. The van der Waals surface area contributed by atoms with Crippen LogP contribution in [-0.2, 0) is 0 Å². The Bertz CT molecular complexity index is 212. The molecule has 0 aromatic rings. The van der Waals surface area contributed by atoms with E-state index < -0.39 is 5.60 Å². The van der Waals surface area contributed by atoms with E-state index >= 15 is 0 Å². The summed E-state index contributed by atoms with van der Waals surface area (Å²) in [5.41, 5.74) is -0.442. The molecule has 0 aliphatic heterocycles. The summed E-state index contributed by atoms with van der Waals surface area (Å²) < 4.78 is 0. The quantitative estimate of drug-likeness (QED) is 0.723. The van der Waals surface area contributed by atoms with Crippen LogP contribution in [0, 0.1) is 5.92 Å². The van der Waals surface area contributed by atoms with Crippen molar-refractivity contribution in [1.82, 2.24) is 5.32 Å². The maximum absolute atomic E-state index is 10.4. The van der Waals surface area contributed by atoms with Crippen molar-refractivity contribution in [2.75, 3.05) is 12.3 Å². The van der Waals surface area contributed by atoms with Gasteiger partial charge in [-0.1, -0.05) is 27.2 Å². The first kappa shape index (κ1) is 14.3. The molecule has 4 atom stereocenters. The summed E-state index contributed by atoms with van der Waals surface area (Å²) in [6.45, 7) is 9.63. The Morgan fingerprint density at radius 1 is 1.44 bits per heavy atom. The highest BCUT2D eigenvalue weighted by atomic mass is 32.2. The minimum atomic E-state index is -0.442. The first-order valence-corrected chi connectivity index (χ1v) is 7.65. The van der Waals surface area contributed by atoms with E-state index in [9.17, 15) is 5.11 Å². The summed E-state index contributed by atoms with van der Waals surface area (Å²) >= 11 is 1.90. The lowest BCUT2D eigenvalue weighted by Crippen LogP contribution is -2.57. The molecule has 0 radical (unpaired) electrons. The monoisotopic (exact) mass is 245 g/mol. The van der Waals surface area contributed by atoms with Crippen molar-refractivity contribution < 1.29 is 5.11 Å². The standard InChI is InChI=1S/C13H27NOS/c1-5-10(3)11(4)14-9-13(15)8-7-12(13)16-6-2/h10-12,14-15H,5-9H2,1-4H3. The average Bonchev–Trinajstić information content (AvgIpc) is 2.29. The Morgan fingerprint density at radius 2 is 2.12 bits per heavy atom. The van der Waals surface area contributed by atoms with Gasteiger partial charge >= 0.3 is 0 Å². The number of hydrogen-bond donors (Lipinski definition) is 2. The fourth-order valence-electron chi connectivity index (χ4n) is 2.13. The molecule has 16 heavy (non-hydrogen) atoms. The smallest absolute Gasteiger partial charge is 0.0889 e. The van der Waals surface area contributed by atoms with E-state index in [0.29, 0.717) is 17.2 Å². The van der Waals surface area contributed by atoms with Gasteiger partial charge in [0.05, 0.1) is 5.60 Å². The van der Waals surface area contributed by atoms with E-state index in [1.807, 2.05) is 11.8 Å². The van der Waals surface area contributed by atoms with Gasteiger partial charge in [-0.2, -0.15) is 11.8 Å². The van der Waals surface area contributed by atoms with Crippen molar-refractivity contribution in [3.8, 4) is 0 Å². The first-order valence-electron chi connectivity index (χ1n) is 6.60. The van der Waals surface area contributed by atoms with Crippen molar-refractivity contribution in [1.29, 1.82) is 0 Å². The average molecular weight is 245 g/mol. The van der Waals surface area contributed by atoms with Gasteiger partial charge in [-0.15, -0.1) is 0 Å². The zero-order valence-electron chi connectivity index (χ0n) is 11.1. The second kappa shape index (κ2) is 6.27. The zero-order valence-corrected chi connectivity index (χ0v) is 11.9. The van der Waals surface area contributed by atoms with Gasteiger partial charge in [-0.3, -0.25) is 0 Å². The summed E-state index contributed by atoms with van der Waals surface area (Å²) in [7, 11) is 0. The summed E-state index contributed by atoms with van der Waals surface area (Å²) in [4.78, 5) is 0. The number of rotatable bonds is 7. The van der Waals surface area contributed by atoms with Crippen LogP contribution in [0.25, 0.3) is 0 Å². The highest BCUT2D eigenvalue weighted by molar-refractivity contribution is 8.00. The Labute approximate surface area is 105 Å². The van der Waals surface area contributed by atoms with Crippen LogP contribution >= 0.6 is 11.8 Å². The largest absolute Gasteiger partial charge is 0.387 e. The minimum Gasteiger partial charge on any atom is -0.387 e. The zero-order chi connectivity index (χ0) is 12.2. The number of thioether (sulfide) groups is 1. The first-order chi connectivity index (χ1) is 7.53. The van der Waals surface area contributed by atoms with Gasteiger partial charge in [0, 0.05) is 17.8 Å². The van der Waals surface area contributed by atoms with Crippen LogP contribution in [0.2, 0.25) is 0 Å². The summed E-state index contributed by atoms with van der Waals surface area (Å²) in [5.74, 6) is 1.79. The summed E-state index contributed by atoms with van der Waals surface area (Å²) in [5, 5.41) is 14.4. The topological polar surface area (TPSA) is 32.3 Å². The van der Waals surface area contributed by atoms with E-state index in [2.05, 4.69) is 33.0 Å². The molecule has 0 saturated heterocycles. The Kier molecular flexibility index (Phi) is 5.62. The molecule has 0 aromatic heterocycles. The fourth-order valence-corrected chi connectivity index (χ4v) is 3.33. The SMILES string of the molecule is CCSC1CCC1(O)CNC(C)C(C)CC.